The molecule has 0 N–H and O–H groups in total. The second-order valence-corrected chi connectivity index (χ2v) is 6.42. The summed E-state index contributed by atoms with van der Waals surface area (Å²) in [4.78, 5) is 25.0. The molecule has 0 aromatic heterocycles. The first-order chi connectivity index (χ1) is 14.6. The molecule has 1 aliphatic heterocycles. The summed E-state index contributed by atoms with van der Waals surface area (Å²) in [6.45, 7) is 0.129. The number of para-hydroxylation sites is 1. The summed E-state index contributed by atoms with van der Waals surface area (Å²) in [5, 5.41) is 0. The second kappa shape index (κ2) is 8.53. The molecule has 6 nitrogen and oxygen atoms in total. The SMILES string of the molecule is COc1ccc(C(=O)/C=C/c2ccccc2OC(=O)c2ccc3c(c2)OCO3)cc1. The van der Waals surface area contributed by atoms with Gasteiger partial charge in [-0.05, 0) is 60.7 Å². The summed E-state index contributed by atoms with van der Waals surface area (Å²) in [6, 6.07) is 18.7. The van der Waals surface area contributed by atoms with E-state index in [0.29, 0.717) is 39.7 Å². The van der Waals surface area contributed by atoms with Crippen LogP contribution < -0.4 is 18.9 Å². The van der Waals surface area contributed by atoms with Crippen LogP contribution in [0.15, 0.2) is 72.8 Å². The molecule has 0 fully saturated rings. The molecule has 0 bridgehead atoms. The van der Waals surface area contributed by atoms with E-state index >= 15 is 0 Å². The van der Waals surface area contributed by atoms with Gasteiger partial charge in [-0.15, -0.1) is 0 Å². The molecule has 3 aromatic carbocycles. The van der Waals surface area contributed by atoms with Gasteiger partial charge in [-0.1, -0.05) is 18.2 Å². The molecule has 30 heavy (non-hydrogen) atoms. The van der Waals surface area contributed by atoms with E-state index in [-0.39, 0.29) is 12.6 Å². The van der Waals surface area contributed by atoms with Gasteiger partial charge in [-0.2, -0.15) is 0 Å². The van der Waals surface area contributed by atoms with Crippen molar-refractivity contribution in [3.63, 3.8) is 0 Å². The number of ether oxygens (including phenoxy) is 4. The lowest BCUT2D eigenvalue weighted by Crippen LogP contribution is -2.09. The number of carbonyl (C=O) groups is 2. The van der Waals surface area contributed by atoms with Gasteiger partial charge in [-0.25, -0.2) is 4.79 Å². The Balaban J connectivity index is 1.50. The fourth-order valence-corrected chi connectivity index (χ4v) is 2.91. The zero-order chi connectivity index (χ0) is 20.9. The average Bonchev–Trinajstić information content (AvgIpc) is 3.26. The highest BCUT2D eigenvalue weighted by Crippen LogP contribution is 2.33. The van der Waals surface area contributed by atoms with E-state index in [1.165, 1.54) is 6.08 Å². The van der Waals surface area contributed by atoms with Crippen molar-refractivity contribution in [2.45, 2.75) is 0 Å². The molecule has 3 aromatic rings. The van der Waals surface area contributed by atoms with Crippen LogP contribution in [-0.2, 0) is 0 Å². The molecule has 6 heteroatoms. The summed E-state index contributed by atoms with van der Waals surface area (Å²) in [5.74, 6) is 1.41. The minimum absolute atomic E-state index is 0.129. The lowest BCUT2D eigenvalue weighted by Gasteiger charge is -2.08. The van der Waals surface area contributed by atoms with Crippen LogP contribution in [-0.4, -0.2) is 25.7 Å². The molecule has 1 aliphatic rings. The van der Waals surface area contributed by atoms with Gasteiger partial charge in [-0.3, -0.25) is 4.79 Å². The highest BCUT2D eigenvalue weighted by atomic mass is 16.7. The summed E-state index contributed by atoms with van der Waals surface area (Å²) in [7, 11) is 1.57. The number of allylic oxidation sites excluding steroid dienone is 1. The topological polar surface area (TPSA) is 71.1 Å². The van der Waals surface area contributed by atoms with Crippen LogP contribution >= 0.6 is 0 Å². The van der Waals surface area contributed by atoms with Crippen LogP contribution in [0.5, 0.6) is 23.0 Å². The summed E-state index contributed by atoms with van der Waals surface area (Å²) in [5.41, 5.74) is 1.47. The van der Waals surface area contributed by atoms with Crippen molar-refractivity contribution in [3.05, 3.63) is 89.5 Å². The van der Waals surface area contributed by atoms with Crippen molar-refractivity contribution in [1.29, 1.82) is 0 Å². The van der Waals surface area contributed by atoms with Crippen molar-refractivity contribution in [2.75, 3.05) is 13.9 Å². The number of methoxy groups -OCH3 is 1. The number of carbonyl (C=O) groups excluding carboxylic acids is 2. The number of hydrogen-bond acceptors (Lipinski definition) is 6. The van der Waals surface area contributed by atoms with Crippen LogP contribution in [0, 0.1) is 0 Å². The number of esters is 1. The monoisotopic (exact) mass is 402 g/mol. The van der Waals surface area contributed by atoms with Gasteiger partial charge in [0.25, 0.3) is 0 Å². The fourth-order valence-electron chi connectivity index (χ4n) is 2.91. The summed E-state index contributed by atoms with van der Waals surface area (Å²) >= 11 is 0. The fraction of sp³-hybridized carbons (Fsp3) is 0.0833. The van der Waals surface area contributed by atoms with Crippen molar-refractivity contribution in [1.82, 2.24) is 0 Å². The van der Waals surface area contributed by atoms with E-state index in [1.54, 1.807) is 79.9 Å². The highest BCUT2D eigenvalue weighted by molar-refractivity contribution is 6.07. The van der Waals surface area contributed by atoms with E-state index in [9.17, 15) is 9.59 Å². The maximum Gasteiger partial charge on any atom is 0.343 e. The van der Waals surface area contributed by atoms with Crippen molar-refractivity contribution in [2.24, 2.45) is 0 Å². The van der Waals surface area contributed by atoms with E-state index in [2.05, 4.69) is 0 Å². The first-order valence-electron chi connectivity index (χ1n) is 9.21. The molecule has 0 radical (unpaired) electrons. The van der Waals surface area contributed by atoms with Crippen LogP contribution in [0.3, 0.4) is 0 Å². The molecule has 0 saturated carbocycles. The van der Waals surface area contributed by atoms with Gasteiger partial charge in [0.1, 0.15) is 11.5 Å². The minimum Gasteiger partial charge on any atom is -0.497 e. The van der Waals surface area contributed by atoms with E-state index in [4.69, 9.17) is 18.9 Å². The Morgan fingerprint density at radius 2 is 1.63 bits per heavy atom. The molecule has 4 rings (SSSR count). The molecule has 0 spiro atoms. The van der Waals surface area contributed by atoms with Crippen LogP contribution in [0.1, 0.15) is 26.3 Å². The summed E-state index contributed by atoms with van der Waals surface area (Å²) < 4.78 is 21.2. The largest absolute Gasteiger partial charge is 0.497 e. The lowest BCUT2D eigenvalue weighted by molar-refractivity contribution is 0.0733. The van der Waals surface area contributed by atoms with E-state index in [0.717, 1.165) is 0 Å². The molecular formula is C24H18O6. The predicted molar refractivity (Wildman–Crippen MR) is 110 cm³/mol. The molecule has 0 unspecified atom stereocenters. The average molecular weight is 402 g/mol. The Hall–Kier alpha value is -4.06. The van der Waals surface area contributed by atoms with Gasteiger partial charge in [0, 0.05) is 11.1 Å². The normalized spacial score (nSPS) is 12.0. The molecule has 0 aliphatic carbocycles. The molecule has 0 saturated heterocycles. The molecular weight excluding hydrogens is 384 g/mol. The quantitative estimate of drug-likeness (QED) is 0.261. The maximum absolute atomic E-state index is 12.6. The predicted octanol–water partition coefficient (Wildman–Crippen LogP) is 4.54. The third-order valence-electron chi connectivity index (χ3n) is 4.52. The highest BCUT2D eigenvalue weighted by Gasteiger charge is 2.18. The van der Waals surface area contributed by atoms with Crippen molar-refractivity contribution < 1.29 is 28.5 Å². The number of benzene rings is 3. The molecule has 150 valence electrons. The molecule has 0 atom stereocenters. The zero-order valence-electron chi connectivity index (χ0n) is 16.2. The number of fused-ring (bicyclic) bond motifs is 1. The third-order valence-corrected chi connectivity index (χ3v) is 4.52. The number of ketones is 1. The smallest absolute Gasteiger partial charge is 0.343 e. The third kappa shape index (κ3) is 4.17. The number of hydrogen-bond donors (Lipinski definition) is 0. The maximum atomic E-state index is 12.6. The van der Waals surface area contributed by atoms with Crippen molar-refractivity contribution >= 4 is 17.8 Å². The van der Waals surface area contributed by atoms with Gasteiger partial charge < -0.3 is 18.9 Å². The second-order valence-electron chi connectivity index (χ2n) is 6.42. The van der Waals surface area contributed by atoms with Crippen molar-refractivity contribution in [3.8, 4) is 23.0 Å². The van der Waals surface area contributed by atoms with Crippen LogP contribution in [0.2, 0.25) is 0 Å². The minimum atomic E-state index is -0.532. The zero-order valence-corrected chi connectivity index (χ0v) is 16.2. The Morgan fingerprint density at radius 3 is 2.43 bits per heavy atom. The van der Waals surface area contributed by atoms with Gasteiger partial charge in [0.2, 0.25) is 6.79 Å². The first-order valence-corrected chi connectivity index (χ1v) is 9.21. The van der Waals surface area contributed by atoms with E-state index < -0.39 is 5.97 Å². The first kappa shape index (κ1) is 19.3. The van der Waals surface area contributed by atoms with Crippen LogP contribution in [0.25, 0.3) is 6.08 Å². The molecule has 0 amide bonds. The van der Waals surface area contributed by atoms with Gasteiger partial charge >= 0.3 is 5.97 Å². The Bertz CT molecular complexity index is 1110. The Kier molecular flexibility index (Phi) is 5.48. The van der Waals surface area contributed by atoms with Crippen LogP contribution in [0.4, 0.5) is 0 Å². The Morgan fingerprint density at radius 1 is 0.900 bits per heavy atom. The van der Waals surface area contributed by atoms with Gasteiger partial charge in [0.05, 0.1) is 12.7 Å². The Labute approximate surface area is 173 Å². The number of rotatable bonds is 6. The standard InChI is InChI=1S/C24H18O6/c1-27-19-10-6-16(7-11-19)20(25)12-8-17-4-2-3-5-21(17)30-24(26)18-9-13-22-23(14-18)29-15-28-22/h2-14H,15H2,1H3/b12-8+. The van der Waals surface area contributed by atoms with E-state index in [1.807, 2.05) is 0 Å². The molecule has 1 heterocycles. The summed E-state index contributed by atoms with van der Waals surface area (Å²) in [6.07, 6.45) is 3.06. The van der Waals surface area contributed by atoms with Gasteiger partial charge in [0.15, 0.2) is 17.3 Å². The lowest BCUT2D eigenvalue weighted by atomic mass is 10.1.